The van der Waals surface area contributed by atoms with E-state index in [2.05, 4.69) is 51.0 Å². The highest BCUT2D eigenvalue weighted by atomic mass is 127. The molecule has 0 radical (unpaired) electrons. The second kappa shape index (κ2) is 10.2. The van der Waals surface area contributed by atoms with Gasteiger partial charge in [-0.25, -0.2) is 4.98 Å². The van der Waals surface area contributed by atoms with Crippen LogP contribution in [-0.4, -0.2) is 53.8 Å². The maximum absolute atomic E-state index is 6.19. The molecular formula is C17H24IN5S2. The number of anilines is 1. The fraction of sp³-hybridized carbons (Fsp3) is 0.412. The van der Waals surface area contributed by atoms with Crippen molar-refractivity contribution in [1.29, 1.82) is 0 Å². The van der Waals surface area contributed by atoms with E-state index in [0.29, 0.717) is 11.2 Å². The van der Waals surface area contributed by atoms with E-state index < -0.39 is 0 Å². The molecule has 0 aliphatic carbocycles. The zero-order chi connectivity index (χ0) is 16.8. The zero-order valence-electron chi connectivity index (χ0n) is 14.2. The Morgan fingerprint density at radius 2 is 2.00 bits per heavy atom. The van der Waals surface area contributed by atoms with Gasteiger partial charge in [0.1, 0.15) is 0 Å². The van der Waals surface area contributed by atoms with Crippen LogP contribution in [-0.2, 0) is 0 Å². The van der Waals surface area contributed by atoms with Gasteiger partial charge >= 0.3 is 0 Å². The predicted octanol–water partition coefficient (Wildman–Crippen LogP) is 3.38. The Bertz CT molecular complexity index is 642. The van der Waals surface area contributed by atoms with Crippen molar-refractivity contribution in [3.63, 3.8) is 0 Å². The summed E-state index contributed by atoms with van der Waals surface area (Å²) >= 11 is 3.52. The third kappa shape index (κ3) is 6.03. The van der Waals surface area contributed by atoms with E-state index in [9.17, 15) is 0 Å². The average Bonchev–Trinajstić information content (AvgIpc) is 3.15. The quantitative estimate of drug-likeness (QED) is 0.302. The summed E-state index contributed by atoms with van der Waals surface area (Å²) in [5, 5.41) is 3.52. The number of aliphatic imine (C=N–C) groups is 1. The van der Waals surface area contributed by atoms with Gasteiger partial charge in [-0.15, -0.1) is 47.1 Å². The number of hydrogen-bond donors (Lipinski definition) is 1. The first-order chi connectivity index (χ1) is 11.7. The molecule has 1 unspecified atom stereocenters. The van der Waals surface area contributed by atoms with Crippen molar-refractivity contribution < 1.29 is 0 Å². The molecule has 2 aromatic rings. The van der Waals surface area contributed by atoms with Crippen molar-refractivity contribution in [2.45, 2.75) is 17.1 Å². The van der Waals surface area contributed by atoms with Crippen molar-refractivity contribution in [3.8, 4) is 0 Å². The summed E-state index contributed by atoms with van der Waals surface area (Å²) in [6.07, 6.45) is 1.86. The number of rotatable bonds is 5. The van der Waals surface area contributed by atoms with Gasteiger partial charge in [-0.1, -0.05) is 25.1 Å². The normalized spacial score (nSPS) is 16.4. The van der Waals surface area contributed by atoms with Crippen LogP contribution in [0.1, 0.15) is 6.92 Å². The molecule has 2 heterocycles. The molecule has 1 fully saturated rings. The Labute approximate surface area is 174 Å². The minimum atomic E-state index is 0. The van der Waals surface area contributed by atoms with Crippen molar-refractivity contribution in [2.75, 3.05) is 37.6 Å². The largest absolute Gasteiger partial charge is 0.370 e. The lowest BCUT2D eigenvalue weighted by molar-refractivity contribution is 0.380. The van der Waals surface area contributed by atoms with Crippen LogP contribution in [0.3, 0.4) is 0 Å². The summed E-state index contributed by atoms with van der Waals surface area (Å²) in [5.41, 5.74) is 6.19. The number of halogens is 1. The first-order valence-electron chi connectivity index (χ1n) is 8.13. The molecule has 1 aliphatic heterocycles. The van der Waals surface area contributed by atoms with Gasteiger partial charge in [0.2, 0.25) is 0 Å². The lowest BCUT2D eigenvalue weighted by Crippen LogP contribution is -2.51. The summed E-state index contributed by atoms with van der Waals surface area (Å²) in [7, 11) is 0. The molecular weight excluding hydrogens is 465 g/mol. The SMILES string of the molecule is CC(CN=C(N)N1CCN(c2nccs2)CC1)Sc1ccccc1.I. The zero-order valence-corrected chi connectivity index (χ0v) is 18.2. The van der Waals surface area contributed by atoms with E-state index in [1.165, 1.54) is 4.90 Å². The Morgan fingerprint density at radius 3 is 2.64 bits per heavy atom. The molecule has 1 saturated heterocycles. The molecule has 0 spiro atoms. The van der Waals surface area contributed by atoms with Crippen LogP contribution in [0.25, 0.3) is 0 Å². The predicted molar refractivity (Wildman–Crippen MR) is 120 cm³/mol. The summed E-state index contributed by atoms with van der Waals surface area (Å²) < 4.78 is 0. The molecule has 0 saturated carbocycles. The Balaban J connectivity index is 0.00000225. The molecule has 1 aromatic heterocycles. The topological polar surface area (TPSA) is 57.8 Å². The molecule has 1 aliphatic rings. The van der Waals surface area contributed by atoms with Crippen molar-refractivity contribution in [3.05, 3.63) is 41.9 Å². The van der Waals surface area contributed by atoms with E-state index in [-0.39, 0.29) is 24.0 Å². The number of nitrogens with two attached hydrogens (primary N) is 1. The molecule has 8 heteroatoms. The molecule has 136 valence electrons. The fourth-order valence-corrected chi connectivity index (χ4v) is 4.21. The maximum atomic E-state index is 6.19. The molecule has 1 aromatic carbocycles. The summed E-state index contributed by atoms with van der Waals surface area (Å²) in [6, 6.07) is 10.4. The summed E-state index contributed by atoms with van der Waals surface area (Å²) in [4.78, 5) is 14.7. The third-order valence-electron chi connectivity index (χ3n) is 3.88. The summed E-state index contributed by atoms with van der Waals surface area (Å²) in [5.74, 6) is 0.661. The highest BCUT2D eigenvalue weighted by molar-refractivity contribution is 14.0. The third-order valence-corrected chi connectivity index (χ3v) is 5.81. The maximum Gasteiger partial charge on any atom is 0.191 e. The first-order valence-corrected chi connectivity index (χ1v) is 9.89. The van der Waals surface area contributed by atoms with Gasteiger partial charge < -0.3 is 15.5 Å². The van der Waals surface area contributed by atoms with Gasteiger partial charge in [0, 0.05) is 47.9 Å². The number of aromatic nitrogens is 1. The second-order valence-corrected chi connectivity index (χ2v) is 8.11. The van der Waals surface area contributed by atoms with Crippen LogP contribution in [0.5, 0.6) is 0 Å². The lowest BCUT2D eigenvalue weighted by atomic mass is 10.3. The smallest absolute Gasteiger partial charge is 0.191 e. The molecule has 0 amide bonds. The van der Waals surface area contributed by atoms with Crippen molar-refractivity contribution in [2.24, 2.45) is 10.7 Å². The van der Waals surface area contributed by atoms with Gasteiger partial charge in [-0.2, -0.15) is 0 Å². The number of nitrogens with zero attached hydrogens (tertiary/aromatic N) is 4. The van der Waals surface area contributed by atoms with Crippen LogP contribution in [0.2, 0.25) is 0 Å². The van der Waals surface area contributed by atoms with Crippen LogP contribution in [0, 0.1) is 0 Å². The van der Waals surface area contributed by atoms with Crippen LogP contribution >= 0.6 is 47.1 Å². The first kappa shape index (κ1) is 20.3. The number of thiazole rings is 1. The number of piperazine rings is 1. The van der Waals surface area contributed by atoms with Crippen LogP contribution in [0.15, 0.2) is 51.8 Å². The van der Waals surface area contributed by atoms with Gasteiger partial charge in [0.25, 0.3) is 0 Å². The van der Waals surface area contributed by atoms with Crippen molar-refractivity contribution >= 4 is 58.2 Å². The van der Waals surface area contributed by atoms with Crippen LogP contribution in [0.4, 0.5) is 5.13 Å². The monoisotopic (exact) mass is 489 g/mol. The highest BCUT2D eigenvalue weighted by Crippen LogP contribution is 2.23. The minimum absolute atomic E-state index is 0. The number of guanidine groups is 1. The van der Waals surface area contributed by atoms with E-state index in [4.69, 9.17) is 5.73 Å². The Hall–Kier alpha value is -1.000. The molecule has 2 N–H and O–H groups in total. The minimum Gasteiger partial charge on any atom is -0.370 e. The average molecular weight is 489 g/mol. The number of benzene rings is 1. The van der Waals surface area contributed by atoms with E-state index in [1.807, 2.05) is 29.4 Å². The lowest BCUT2D eigenvalue weighted by Gasteiger charge is -2.35. The summed E-state index contributed by atoms with van der Waals surface area (Å²) in [6.45, 7) is 6.60. The van der Waals surface area contributed by atoms with Crippen molar-refractivity contribution in [1.82, 2.24) is 9.88 Å². The standard InChI is InChI=1S/C17H23N5S2.HI/c1-14(24-15-5-3-2-4-6-15)13-20-16(18)21-8-10-22(11-9-21)17-19-7-12-23-17;/h2-7,12,14H,8-11,13H2,1H3,(H2,18,20);1H. The van der Waals surface area contributed by atoms with Gasteiger partial charge in [0.15, 0.2) is 11.1 Å². The van der Waals surface area contributed by atoms with Gasteiger partial charge in [-0.3, -0.25) is 4.99 Å². The van der Waals surface area contributed by atoms with Crippen LogP contribution < -0.4 is 10.6 Å². The number of hydrogen-bond acceptors (Lipinski definition) is 5. The van der Waals surface area contributed by atoms with E-state index in [0.717, 1.165) is 37.9 Å². The van der Waals surface area contributed by atoms with E-state index in [1.54, 1.807) is 11.3 Å². The molecule has 5 nitrogen and oxygen atoms in total. The Kier molecular flexibility index (Phi) is 8.31. The highest BCUT2D eigenvalue weighted by Gasteiger charge is 2.19. The molecule has 1 atom stereocenters. The molecule has 25 heavy (non-hydrogen) atoms. The molecule has 3 rings (SSSR count). The van der Waals surface area contributed by atoms with Gasteiger partial charge in [-0.05, 0) is 12.1 Å². The fourth-order valence-electron chi connectivity index (χ4n) is 2.59. The molecule has 0 bridgehead atoms. The Morgan fingerprint density at radius 1 is 1.28 bits per heavy atom. The number of thioether (sulfide) groups is 1. The van der Waals surface area contributed by atoms with E-state index >= 15 is 0 Å². The second-order valence-electron chi connectivity index (χ2n) is 5.73. The van der Waals surface area contributed by atoms with Gasteiger partial charge in [0.05, 0.1) is 6.54 Å².